The van der Waals surface area contributed by atoms with Gasteiger partial charge in [-0.3, -0.25) is 9.59 Å². The number of carbonyl (C=O) groups excluding carboxylic acids is 3. The third-order valence-electron chi connectivity index (χ3n) is 4.29. The number of amides is 2. The summed E-state index contributed by atoms with van der Waals surface area (Å²) in [6.45, 7) is 5.72. The van der Waals surface area contributed by atoms with Gasteiger partial charge in [-0.1, -0.05) is 44.2 Å². The van der Waals surface area contributed by atoms with Crippen LogP contribution in [0, 0.1) is 11.7 Å². The van der Waals surface area contributed by atoms with Gasteiger partial charge in [0.2, 0.25) is 0 Å². The highest BCUT2D eigenvalue weighted by atomic mass is 19.1. The molecule has 0 saturated heterocycles. The van der Waals surface area contributed by atoms with Crippen molar-refractivity contribution in [2.45, 2.75) is 33.2 Å². The zero-order chi connectivity index (χ0) is 22.8. The van der Waals surface area contributed by atoms with Crippen molar-refractivity contribution in [2.75, 3.05) is 6.61 Å². The molecule has 1 unspecified atom stereocenters. The number of hydrogen-bond donors (Lipinski definition) is 2. The fourth-order valence-corrected chi connectivity index (χ4v) is 2.83. The third kappa shape index (κ3) is 7.70. The van der Waals surface area contributed by atoms with Gasteiger partial charge in [0, 0.05) is 5.56 Å². The van der Waals surface area contributed by atoms with E-state index in [2.05, 4.69) is 10.6 Å². The summed E-state index contributed by atoms with van der Waals surface area (Å²) >= 11 is 0. The number of hydrogen-bond acceptors (Lipinski definition) is 4. The van der Waals surface area contributed by atoms with Gasteiger partial charge in [-0.15, -0.1) is 0 Å². The smallest absolute Gasteiger partial charge is 0.328 e. The number of carbonyl (C=O) groups is 3. The Morgan fingerprint density at radius 2 is 1.68 bits per heavy atom. The highest BCUT2D eigenvalue weighted by molar-refractivity contribution is 6.06. The quantitative estimate of drug-likeness (QED) is 0.473. The van der Waals surface area contributed by atoms with E-state index in [-0.39, 0.29) is 18.2 Å². The molecular formula is C24H27FN2O4. The molecule has 0 fully saturated rings. The highest BCUT2D eigenvalue weighted by Crippen LogP contribution is 2.11. The van der Waals surface area contributed by atoms with Crippen LogP contribution in [0.5, 0.6) is 0 Å². The number of ether oxygens (including phenoxy) is 1. The first-order valence-electron chi connectivity index (χ1n) is 10.1. The van der Waals surface area contributed by atoms with Gasteiger partial charge in [0.15, 0.2) is 0 Å². The maximum atomic E-state index is 13.2. The molecule has 2 aromatic carbocycles. The van der Waals surface area contributed by atoms with Crippen LogP contribution in [0.25, 0.3) is 6.08 Å². The van der Waals surface area contributed by atoms with Crippen LogP contribution < -0.4 is 10.6 Å². The van der Waals surface area contributed by atoms with Gasteiger partial charge in [-0.2, -0.15) is 0 Å². The molecule has 2 N–H and O–H groups in total. The number of rotatable bonds is 9. The summed E-state index contributed by atoms with van der Waals surface area (Å²) in [7, 11) is 0. The Labute approximate surface area is 181 Å². The van der Waals surface area contributed by atoms with Gasteiger partial charge < -0.3 is 15.4 Å². The van der Waals surface area contributed by atoms with Crippen LogP contribution in [0.15, 0.2) is 60.3 Å². The molecule has 0 radical (unpaired) electrons. The van der Waals surface area contributed by atoms with Crippen molar-refractivity contribution in [3.63, 3.8) is 0 Å². The van der Waals surface area contributed by atoms with E-state index >= 15 is 0 Å². The molecule has 31 heavy (non-hydrogen) atoms. The van der Waals surface area contributed by atoms with E-state index < -0.39 is 29.6 Å². The summed E-state index contributed by atoms with van der Waals surface area (Å²) in [6, 6.07) is 13.0. The molecule has 0 heterocycles. The lowest BCUT2D eigenvalue weighted by Gasteiger charge is -2.20. The number of benzene rings is 2. The number of halogens is 1. The second kappa shape index (κ2) is 11.6. The maximum Gasteiger partial charge on any atom is 0.328 e. The third-order valence-corrected chi connectivity index (χ3v) is 4.29. The normalized spacial score (nSPS) is 12.2. The van der Waals surface area contributed by atoms with Crippen LogP contribution in [0.1, 0.15) is 43.1 Å². The van der Waals surface area contributed by atoms with Gasteiger partial charge in [0.1, 0.15) is 17.6 Å². The van der Waals surface area contributed by atoms with Crippen molar-refractivity contribution in [1.82, 2.24) is 10.6 Å². The van der Waals surface area contributed by atoms with E-state index in [1.54, 1.807) is 37.3 Å². The molecule has 0 saturated carbocycles. The Morgan fingerprint density at radius 3 is 2.26 bits per heavy atom. The molecule has 6 nitrogen and oxygen atoms in total. The molecule has 0 bridgehead atoms. The molecule has 7 heteroatoms. The molecule has 2 amide bonds. The van der Waals surface area contributed by atoms with Crippen molar-refractivity contribution in [2.24, 2.45) is 5.92 Å². The average Bonchev–Trinajstić information content (AvgIpc) is 2.74. The Bertz CT molecular complexity index is 924. The molecule has 0 spiro atoms. The fourth-order valence-electron chi connectivity index (χ4n) is 2.83. The van der Waals surface area contributed by atoms with Crippen LogP contribution in [0.4, 0.5) is 4.39 Å². The largest absolute Gasteiger partial charge is 0.464 e. The lowest BCUT2D eigenvalue weighted by atomic mass is 10.0. The molecule has 0 aliphatic carbocycles. The number of esters is 1. The number of nitrogens with one attached hydrogen (secondary N) is 2. The summed E-state index contributed by atoms with van der Waals surface area (Å²) < 4.78 is 18.3. The Balaban J connectivity index is 2.31. The van der Waals surface area contributed by atoms with Gasteiger partial charge in [-0.25, -0.2) is 9.18 Å². The summed E-state index contributed by atoms with van der Waals surface area (Å²) in [4.78, 5) is 37.9. The molecular weight excluding hydrogens is 399 g/mol. The first-order chi connectivity index (χ1) is 14.8. The van der Waals surface area contributed by atoms with Crippen molar-refractivity contribution in [1.29, 1.82) is 0 Å². The SMILES string of the molecule is CCOC(=O)C(CC(C)C)NC(=O)/C(=C\c1ccc(F)cc1)NC(=O)c1ccccc1. The van der Waals surface area contributed by atoms with E-state index in [1.165, 1.54) is 30.3 Å². The highest BCUT2D eigenvalue weighted by Gasteiger charge is 2.25. The lowest BCUT2D eigenvalue weighted by Crippen LogP contribution is -2.45. The Morgan fingerprint density at radius 1 is 1.03 bits per heavy atom. The van der Waals surface area contributed by atoms with Crippen LogP contribution in [0.3, 0.4) is 0 Å². The first kappa shape index (κ1) is 23.8. The van der Waals surface area contributed by atoms with Crippen molar-refractivity contribution in [3.8, 4) is 0 Å². The average molecular weight is 426 g/mol. The van der Waals surface area contributed by atoms with Crippen molar-refractivity contribution >= 4 is 23.9 Å². The Hall–Kier alpha value is -3.48. The summed E-state index contributed by atoms with van der Waals surface area (Å²) in [5.41, 5.74) is 0.805. The van der Waals surface area contributed by atoms with Crippen LogP contribution in [0.2, 0.25) is 0 Å². The minimum absolute atomic E-state index is 0.0708. The predicted molar refractivity (Wildman–Crippen MR) is 116 cm³/mol. The van der Waals surface area contributed by atoms with Gasteiger partial charge in [-0.05, 0) is 55.2 Å². The minimum Gasteiger partial charge on any atom is -0.464 e. The first-order valence-corrected chi connectivity index (χ1v) is 10.1. The lowest BCUT2D eigenvalue weighted by molar-refractivity contribution is -0.147. The standard InChI is InChI=1S/C24H27FN2O4/c1-4-31-24(30)21(14-16(2)3)27-23(29)20(15-17-10-12-19(25)13-11-17)26-22(28)18-8-6-5-7-9-18/h5-13,15-16,21H,4,14H2,1-3H3,(H,26,28)(H,27,29)/b20-15+. The van der Waals surface area contributed by atoms with E-state index in [4.69, 9.17) is 4.74 Å². The van der Waals surface area contributed by atoms with Crippen LogP contribution in [-0.4, -0.2) is 30.4 Å². The fraction of sp³-hybridized carbons (Fsp3) is 0.292. The van der Waals surface area contributed by atoms with Crippen molar-refractivity contribution < 1.29 is 23.5 Å². The second-order valence-corrected chi connectivity index (χ2v) is 7.34. The van der Waals surface area contributed by atoms with E-state index in [9.17, 15) is 18.8 Å². The summed E-state index contributed by atoms with van der Waals surface area (Å²) in [5, 5.41) is 5.24. The molecule has 164 valence electrons. The van der Waals surface area contributed by atoms with Crippen LogP contribution >= 0.6 is 0 Å². The van der Waals surface area contributed by atoms with Gasteiger partial charge >= 0.3 is 5.97 Å². The minimum atomic E-state index is -0.863. The summed E-state index contributed by atoms with van der Waals surface area (Å²) in [5.74, 6) is -1.97. The molecule has 0 aliphatic heterocycles. The van der Waals surface area contributed by atoms with Crippen LogP contribution in [-0.2, 0) is 14.3 Å². The molecule has 1 atom stereocenters. The van der Waals surface area contributed by atoms with E-state index in [0.717, 1.165) is 0 Å². The predicted octanol–water partition coefficient (Wildman–Crippen LogP) is 3.69. The molecule has 2 rings (SSSR count). The monoisotopic (exact) mass is 426 g/mol. The van der Waals surface area contributed by atoms with E-state index in [0.29, 0.717) is 17.5 Å². The molecule has 0 aliphatic rings. The maximum absolute atomic E-state index is 13.2. The van der Waals surface area contributed by atoms with Crippen molar-refractivity contribution in [3.05, 3.63) is 77.2 Å². The second-order valence-electron chi connectivity index (χ2n) is 7.34. The molecule has 0 aromatic heterocycles. The Kier molecular flexibility index (Phi) is 8.94. The topological polar surface area (TPSA) is 84.5 Å². The zero-order valence-electron chi connectivity index (χ0n) is 17.9. The van der Waals surface area contributed by atoms with Gasteiger partial charge in [0.25, 0.3) is 11.8 Å². The van der Waals surface area contributed by atoms with Gasteiger partial charge in [0.05, 0.1) is 6.61 Å². The van der Waals surface area contributed by atoms with E-state index in [1.807, 2.05) is 13.8 Å². The zero-order valence-corrected chi connectivity index (χ0v) is 17.9. The molecule has 2 aromatic rings. The summed E-state index contributed by atoms with van der Waals surface area (Å²) in [6.07, 6.45) is 1.80.